The molecule has 0 aromatic carbocycles. The lowest BCUT2D eigenvalue weighted by molar-refractivity contribution is 0.0125. The SMILES string of the molecule is CC(C)(C)OC(=O)N1CCC(N2CCC(C#N)CC2)CC1. The van der Waals surface area contributed by atoms with Crippen LogP contribution in [0.1, 0.15) is 46.5 Å². The molecule has 2 heterocycles. The van der Waals surface area contributed by atoms with E-state index in [1.165, 1.54) is 0 Å². The summed E-state index contributed by atoms with van der Waals surface area (Å²) in [4.78, 5) is 16.4. The van der Waals surface area contributed by atoms with Gasteiger partial charge in [0.05, 0.1) is 6.07 Å². The second-order valence-corrected chi connectivity index (χ2v) is 7.14. The van der Waals surface area contributed by atoms with Gasteiger partial charge in [0.25, 0.3) is 0 Å². The first-order valence-corrected chi connectivity index (χ1v) is 8.00. The maximum Gasteiger partial charge on any atom is 0.410 e. The number of rotatable bonds is 1. The number of likely N-dealkylation sites (tertiary alicyclic amines) is 2. The molecule has 2 rings (SSSR count). The highest BCUT2D eigenvalue weighted by molar-refractivity contribution is 5.68. The first kappa shape index (κ1) is 16.1. The molecule has 0 spiro atoms. The van der Waals surface area contributed by atoms with Gasteiger partial charge in [-0.05, 0) is 59.5 Å². The first-order valence-electron chi connectivity index (χ1n) is 8.00. The van der Waals surface area contributed by atoms with Gasteiger partial charge in [-0.15, -0.1) is 0 Å². The lowest BCUT2D eigenvalue weighted by Crippen LogP contribution is -2.49. The smallest absolute Gasteiger partial charge is 0.410 e. The molecule has 0 bridgehead atoms. The van der Waals surface area contributed by atoms with Crippen LogP contribution < -0.4 is 0 Å². The highest BCUT2D eigenvalue weighted by Gasteiger charge is 2.31. The molecule has 2 aliphatic heterocycles. The van der Waals surface area contributed by atoms with Crippen molar-refractivity contribution in [3.63, 3.8) is 0 Å². The highest BCUT2D eigenvalue weighted by atomic mass is 16.6. The summed E-state index contributed by atoms with van der Waals surface area (Å²) in [5.74, 6) is 0.239. The van der Waals surface area contributed by atoms with Crippen LogP contribution in [-0.4, -0.2) is 53.7 Å². The average molecular weight is 293 g/mol. The molecule has 5 heteroatoms. The fourth-order valence-corrected chi connectivity index (χ4v) is 3.13. The van der Waals surface area contributed by atoms with E-state index < -0.39 is 5.60 Å². The Hall–Kier alpha value is -1.28. The zero-order valence-corrected chi connectivity index (χ0v) is 13.5. The van der Waals surface area contributed by atoms with Gasteiger partial charge in [0, 0.05) is 25.0 Å². The van der Waals surface area contributed by atoms with E-state index in [2.05, 4.69) is 11.0 Å². The summed E-state index contributed by atoms with van der Waals surface area (Å²) < 4.78 is 5.42. The Morgan fingerprint density at radius 2 is 1.67 bits per heavy atom. The number of hydrogen-bond donors (Lipinski definition) is 0. The number of ether oxygens (including phenoxy) is 1. The summed E-state index contributed by atoms with van der Waals surface area (Å²) >= 11 is 0. The fourth-order valence-electron chi connectivity index (χ4n) is 3.13. The zero-order valence-electron chi connectivity index (χ0n) is 13.5. The molecule has 0 N–H and O–H groups in total. The van der Waals surface area contributed by atoms with Gasteiger partial charge >= 0.3 is 6.09 Å². The van der Waals surface area contributed by atoms with Gasteiger partial charge < -0.3 is 14.5 Å². The Bertz CT molecular complexity index is 395. The largest absolute Gasteiger partial charge is 0.444 e. The third-order valence-corrected chi connectivity index (χ3v) is 4.34. The molecule has 0 aromatic heterocycles. The van der Waals surface area contributed by atoms with Crippen molar-refractivity contribution >= 4 is 6.09 Å². The zero-order chi connectivity index (χ0) is 15.5. The van der Waals surface area contributed by atoms with E-state index in [1.54, 1.807) is 0 Å². The van der Waals surface area contributed by atoms with Crippen molar-refractivity contribution in [3.8, 4) is 6.07 Å². The molecular formula is C16H27N3O2. The molecule has 2 aliphatic rings. The van der Waals surface area contributed by atoms with E-state index in [-0.39, 0.29) is 12.0 Å². The maximum absolute atomic E-state index is 12.0. The third kappa shape index (κ3) is 4.60. The molecule has 5 nitrogen and oxygen atoms in total. The predicted octanol–water partition coefficient (Wildman–Crippen LogP) is 2.62. The van der Waals surface area contributed by atoms with Crippen molar-refractivity contribution in [2.45, 2.75) is 58.1 Å². The van der Waals surface area contributed by atoms with Crippen molar-refractivity contribution in [1.29, 1.82) is 5.26 Å². The van der Waals surface area contributed by atoms with E-state index in [0.717, 1.165) is 51.9 Å². The van der Waals surface area contributed by atoms with Crippen LogP contribution in [0.2, 0.25) is 0 Å². The standard InChI is InChI=1S/C16H27N3O2/c1-16(2,3)21-15(20)19-10-6-14(7-11-19)18-8-4-13(12-17)5-9-18/h13-14H,4-11H2,1-3H3. The van der Waals surface area contributed by atoms with Crippen molar-refractivity contribution in [2.75, 3.05) is 26.2 Å². The maximum atomic E-state index is 12.0. The van der Waals surface area contributed by atoms with E-state index in [4.69, 9.17) is 10.00 Å². The molecular weight excluding hydrogens is 266 g/mol. The Labute approximate surface area is 127 Å². The van der Waals surface area contributed by atoms with Gasteiger partial charge in [-0.3, -0.25) is 0 Å². The highest BCUT2D eigenvalue weighted by Crippen LogP contribution is 2.24. The summed E-state index contributed by atoms with van der Waals surface area (Å²) in [6.45, 7) is 9.30. The van der Waals surface area contributed by atoms with Crippen molar-refractivity contribution in [1.82, 2.24) is 9.80 Å². The molecule has 0 aromatic rings. The van der Waals surface area contributed by atoms with E-state index in [0.29, 0.717) is 6.04 Å². The van der Waals surface area contributed by atoms with Gasteiger partial charge in [0.2, 0.25) is 0 Å². The Balaban J connectivity index is 1.76. The minimum atomic E-state index is -0.424. The molecule has 21 heavy (non-hydrogen) atoms. The Morgan fingerprint density at radius 1 is 1.10 bits per heavy atom. The summed E-state index contributed by atoms with van der Waals surface area (Å²) in [6, 6.07) is 2.93. The van der Waals surface area contributed by atoms with Crippen LogP contribution in [0.25, 0.3) is 0 Å². The van der Waals surface area contributed by atoms with Crippen LogP contribution in [0.4, 0.5) is 4.79 Å². The summed E-state index contributed by atoms with van der Waals surface area (Å²) in [6.07, 6.45) is 3.81. The predicted molar refractivity (Wildman–Crippen MR) is 80.7 cm³/mol. The number of hydrogen-bond acceptors (Lipinski definition) is 4. The van der Waals surface area contributed by atoms with Crippen LogP contribution in [0.3, 0.4) is 0 Å². The van der Waals surface area contributed by atoms with E-state index in [1.807, 2.05) is 25.7 Å². The van der Waals surface area contributed by atoms with Gasteiger partial charge in [-0.1, -0.05) is 0 Å². The number of nitrogens with zero attached hydrogens (tertiary/aromatic N) is 3. The lowest BCUT2D eigenvalue weighted by atomic mass is 9.94. The van der Waals surface area contributed by atoms with Crippen molar-refractivity contribution < 1.29 is 9.53 Å². The molecule has 0 unspecified atom stereocenters. The Morgan fingerprint density at radius 3 is 2.14 bits per heavy atom. The monoisotopic (exact) mass is 293 g/mol. The van der Waals surface area contributed by atoms with Gasteiger partial charge in [-0.25, -0.2) is 4.79 Å². The van der Waals surface area contributed by atoms with Crippen LogP contribution >= 0.6 is 0 Å². The number of carbonyl (C=O) groups is 1. The quantitative estimate of drug-likeness (QED) is 0.745. The normalized spacial score (nSPS) is 22.9. The summed E-state index contributed by atoms with van der Waals surface area (Å²) in [5.41, 5.74) is -0.424. The molecule has 2 saturated heterocycles. The van der Waals surface area contributed by atoms with Gasteiger partial charge in [0.15, 0.2) is 0 Å². The molecule has 2 fully saturated rings. The molecule has 0 saturated carbocycles. The summed E-state index contributed by atoms with van der Waals surface area (Å²) in [7, 11) is 0. The van der Waals surface area contributed by atoms with Crippen LogP contribution in [0, 0.1) is 17.2 Å². The van der Waals surface area contributed by atoms with Gasteiger partial charge in [-0.2, -0.15) is 5.26 Å². The topological polar surface area (TPSA) is 56.6 Å². The second-order valence-electron chi connectivity index (χ2n) is 7.14. The second kappa shape index (κ2) is 6.65. The third-order valence-electron chi connectivity index (χ3n) is 4.34. The van der Waals surface area contributed by atoms with Crippen molar-refractivity contribution in [3.05, 3.63) is 0 Å². The molecule has 118 valence electrons. The number of piperidine rings is 2. The average Bonchev–Trinajstić information content (AvgIpc) is 2.46. The van der Waals surface area contributed by atoms with Gasteiger partial charge in [0.1, 0.15) is 5.60 Å². The molecule has 0 atom stereocenters. The molecule has 0 aliphatic carbocycles. The number of nitriles is 1. The minimum absolute atomic E-state index is 0.191. The molecule has 1 amide bonds. The number of amides is 1. The van der Waals surface area contributed by atoms with Crippen molar-refractivity contribution in [2.24, 2.45) is 5.92 Å². The van der Waals surface area contributed by atoms with Crippen LogP contribution in [-0.2, 0) is 4.74 Å². The first-order chi connectivity index (χ1) is 9.89. The minimum Gasteiger partial charge on any atom is -0.444 e. The summed E-state index contributed by atoms with van der Waals surface area (Å²) in [5, 5.41) is 8.95. The lowest BCUT2D eigenvalue weighted by Gasteiger charge is -2.41. The van der Waals surface area contributed by atoms with Crippen LogP contribution in [0.5, 0.6) is 0 Å². The molecule has 0 radical (unpaired) electrons. The van der Waals surface area contributed by atoms with E-state index in [9.17, 15) is 4.79 Å². The number of carbonyl (C=O) groups excluding carboxylic acids is 1. The fraction of sp³-hybridized carbons (Fsp3) is 0.875. The Kier molecular flexibility index (Phi) is 5.10. The van der Waals surface area contributed by atoms with Crippen LogP contribution in [0.15, 0.2) is 0 Å². The van der Waals surface area contributed by atoms with E-state index >= 15 is 0 Å².